The van der Waals surface area contributed by atoms with E-state index in [2.05, 4.69) is 17.6 Å². The second-order valence-corrected chi connectivity index (χ2v) is 11.2. The van der Waals surface area contributed by atoms with E-state index in [0.29, 0.717) is 5.02 Å². The zero-order valence-electron chi connectivity index (χ0n) is 20.2. The third-order valence-corrected chi connectivity index (χ3v) is 7.46. The lowest BCUT2D eigenvalue weighted by atomic mass is 10.2. The maximum absolute atomic E-state index is 13.7. The van der Waals surface area contributed by atoms with E-state index in [1.807, 2.05) is 30.3 Å². The highest BCUT2D eigenvalue weighted by Crippen LogP contribution is 2.40. The molecule has 3 aliphatic rings. The number of thioether (sulfide) groups is 1. The number of urea groups is 2. The number of ether oxygens (including phenoxy) is 2. The Kier molecular flexibility index (Phi) is 6.69. The summed E-state index contributed by atoms with van der Waals surface area (Å²) in [7, 11) is 0. The van der Waals surface area contributed by atoms with Crippen LogP contribution in [0.15, 0.2) is 47.4 Å². The number of rotatable bonds is 6. The fourth-order valence-corrected chi connectivity index (χ4v) is 5.60. The van der Waals surface area contributed by atoms with Crippen LogP contribution in [-0.2, 0) is 16.0 Å². The molecule has 3 heterocycles. The third-order valence-electron chi connectivity index (χ3n) is 6.15. The van der Waals surface area contributed by atoms with Gasteiger partial charge in [0.1, 0.15) is 6.10 Å². The summed E-state index contributed by atoms with van der Waals surface area (Å²) in [6.45, 7) is 6.17. The first kappa shape index (κ1) is 25.0. The van der Waals surface area contributed by atoms with Gasteiger partial charge in [0.25, 0.3) is 0 Å². The molecule has 0 radical (unpaired) electrons. The van der Waals surface area contributed by atoms with Crippen molar-refractivity contribution in [3.63, 3.8) is 0 Å². The summed E-state index contributed by atoms with van der Waals surface area (Å²) in [5.74, 6) is 5.55. The van der Waals surface area contributed by atoms with Crippen LogP contribution in [-0.4, -0.2) is 63.6 Å². The first-order valence-corrected chi connectivity index (χ1v) is 12.9. The van der Waals surface area contributed by atoms with E-state index in [1.165, 1.54) is 4.90 Å². The maximum Gasteiger partial charge on any atom is 0.345 e. The van der Waals surface area contributed by atoms with E-state index in [-0.39, 0.29) is 25.1 Å². The predicted octanol–water partition coefficient (Wildman–Crippen LogP) is 4.28. The minimum atomic E-state index is -0.913. The summed E-state index contributed by atoms with van der Waals surface area (Å²) < 4.78 is 11.4. The number of nitrogens with two attached hydrogens (primary N) is 1. The number of carbonyl (C=O) groups is 2. The van der Waals surface area contributed by atoms with Gasteiger partial charge in [-0.25, -0.2) is 25.3 Å². The molecule has 4 amide bonds. The quantitative estimate of drug-likeness (QED) is 0.373. The highest BCUT2D eigenvalue weighted by molar-refractivity contribution is 8.00. The van der Waals surface area contributed by atoms with Crippen LogP contribution in [0.1, 0.15) is 26.3 Å². The van der Waals surface area contributed by atoms with Crippen molar-refractivity contribution < 1.29 is 19.1 Å². The molecule has 0 bridgehead atoms. The van der Waals surface area contributed by atoms with Gasteiger partial charge >= 0.3 is 12.1 Å². The number of halogens is 1. The van der Waals surface area contributed by atoms with Crippen LogP contribution < -0.4 is 16.5 Å². The Balaban J connectivity index is 1.41. The van der Waals surface area contributed by atoms with Gasteiger partial charge in [-0.15, -0.1) is 0 Å². The average Bonchev–Trinajstić information content (AvgIpc) is 3.38. The highest BCUT2D eigenvalue weighted by atomic mass is 35.5. The minimum absolute atomic E-state index is 0.0255. The number of nitrogens with zero attached hydrogens (tertiary/aromatic N) is 3. The van der Waals surface area contributed by atoms with Crippen molar-refractivity contribution in [3.05, 3.63) is 53.1 Å². The first-order chi connectivity index (χ1) is 17.1. The number of carbonyl (C=O) groups excluding carboxylic acids is 2. The molecule has 2 aromatic rings. The molecular weight excluding hydrogens is 504 g/mol. The van der Waals surface area contributed by atoms with E-state index in [0.717, 1.165) is 31.7 Å². The third kappa shape index (κ3) is 5.07. The number of hydrogen-bond donors (Lipinski definition) is 3. The summed E-state index contributed by atoms with van der Waals surface area (Å²) >= 11 is 7.75. The lowest BCUT2D eigenvalue weighted by Crippen LogP contribution is -2.71. The van der Waals surface area contributed by atoms with Crippen LogP contribution in [0.4, 0.5) is 21.0 Å². The molecule has 36 heavy (non-hydrogen) atoms. The SMILES string of the molecule is CC1Nc2ccc(NC3N(N)C(=O)N(C[C@H]4COC(C)(C)O4)C(=O)N3Cc3ccc(Cl)cc3)cc2S1. The lowest BCUT2D eigenvalue weighted by molar-refractivity contribution is -0.139. The van der Waals surface area contributed by atoms with E-state index < -0.39 is 30.2 Å². The van der Waals surface area contributed by atoms with E-state index in [4.69, 9.17) is 26.9 Å². The molecule has 2 unspecified atom stereocenters. The zero-order valence-corrected chi connectivity index (χ0v) is 21.8. The fraction of sp³-hybridized carbons (Fsp3) is 0.417. The minimum Gasteiger partial charge on any atom is -0.372 e. The summed E-state index contributed by atoms with van der Waals surface area (Å²) in [5.41, 5.74) is 2.62. The van der Waals surface area contributed by atoms with E-state index >= 15 is 0 Å². The van der Waals surface area contributed by atoms with Crippen molar-refractivity contribution in [1.29, 1.82) is 0 Å². The van der Waals surface area contributed by atoms with Crippen molar-refractivity contribution >= 4 is 46.8 Å². The topological polar surface area (TPSA) is 112 Å². The molecule has 0 aliphatic carbocycles. The Hall–Kier alpha value is -2.70. The van der Waals surface area contributed by atoms with Crippen molar-refractivity contribution in [2.75, 3.05) is 23.8 Å². The predicted molar refractivity (Wildman–Crippen MR) is 138 cm³/mol. The Bertz CT molecular complexity index is 1170. The Labute approximate surface area is 219 Å². The van der Waals surface area contributed by atoms with Gasteiger partial charge in [-0.3, -0.25) is 4.90 Å². The number of nitrogens with one attached hydrogen (secondary N) is 2. The summed E-state index contributed by atoms with van der Waals surface area (Å²) in [6, 6.07) is 11.9. The molecule has 12 heteroatoms. The van der Waals surface area contributed by atoms with E-state index in [9.17, 15) is 9.59 Å². The van der Waals surface area contributed by atoms with Gasteiger partial charge in [0, 0.05) is 21.3 Å². The molecule has 2 aromatic carbocycles. The summed E-state index contributed by atoms with van der Waals surface area (Å²) in [4.78, 5) is 30.7. The van der Waals surface area contributed by atoms with Crippen LogP contribution in [0, 0.1) is 0 Å². The molecule has 2 fully saturated rings. The Morgan fingerprint density at radius 1 is 1.19 bits per heavy atom. The molecular formula is C24H29ClN6O4S. The highest BCUT2D eigenvalue weighted by Gasteiger charge is 2.45. The average molecular weight is 533 g/mol. The maximum atomic E-state index is 13.7. The number of anilines is 2. The number of benzene rings is 2. The van der Waals surface area contributed by atoms with Gasteiger partial charge in [0.05, 0.1) is 25.1 Å². The summed E-state index contributed by atoms with van der Waals surface area (Å²) in [5, 5.41) is 8.56. The molecule has 2 saturated heterocycles. The second kappa shape index (κ2) is 9.64. The van der Waals surface area contributed by atoms with Crippen molar-refractivity contribution in [3.8, 4) is 0 Å². The molecule has 5 rings (SSSR count). The first-order valence-electron chi connectivity index (χ1n) is 11.7. The van der Waals surface area contributed by atoms with Crippen LogP contribution in [0.2, 0.25) is 5.02 Å². The van der Waals surface area contributed by atoms with Gasteiger partial charge in [0.2, 0.25) is 6.29 Å². The molecule has 192 valence electrons. The number of hydrogen-bond acceptors (Lipinski definition) is 8. The molecule has 3 aliphatic heterocycles. The number of amides is 4. The van der Waals surface area contributed by atoms with Crippen LogP contribution in [0.25, 0.3) is 0 Å². The summed E-state index contributed by atoms with van der Waals surface area (Å²) in [6.07, 6.45) is -1.37. The van der Waals surface area contributed by atoms with Gasteiger partial charge in [-0.2, -0.15) is 0 Å². The Morgan fingerprint density at radius 2 is 1.94 bits per heavy atom. The Morgan fingerprint density at radius 3 is 2.64 bits per heavy atom. The van der Waals surface area contributed by atoms with E-state index in [1.54, 1.807) is 37.7 Å². The van der Waals surface area contributed by atoms with Crippen LogP contribution in [0.3, 0.4) is 0 Å². The van der Waals surface area contributed by atoms with Crippen molar-refractivity contribution in [1.82, 2.24) is 14.8 Å². The molecule has 0 saturated carbocycles. The molecule has 0 aromatic heterocycles. The fourth-order valence-electron chi connectivity index (χ4n) is 4.45. The molecule has 10 nitrogen and oxygen atoms in total. The van der Waals surface area contributed by atoms with Crippen LogP contribution >= 0.6 is 23.4 Å². The zero-order chi connectivity index (χ0) is 25.6. The van der Waals surface area contributed by atoms with Crippen LogP contribution in [0.5, 0.6) is 0 Å². The molecule has 0 spiro atoms. The van der Waals surface area contributed by atoms with Gasteiger partial charge < -0.3 is 20.1 Å². The second-order valence-electron chi connectivity index (χ2n) is 9.42. The standard InChI is InChI=1S/C24H29ClN6O4S/c1-14-27-19-9-8-17(10-20(19)36-14)28-21-29(11-15-4-6-16(25)7-5-15)22(32)30(23(33)31(21)26)12-18-13-34-24(2,3)35-18/h4-10,14,18,21,27-28H,11-13,26H2,1-3H3/t14?,18-,21?/m0/s1. The smallest absolute Gasteiger partial charge is 0.345 e. The molecule has 4 N–H and O–H groups in total. The van der Waals surface area contributed by atoms with Gasteiger partial charge in [0.15, 0.2) is 5.79 Å². The number of fused-ring (bicyclic) bond motifs is 1. The monoisotopic (exact) mass is 532 g/mol. The van der Waals surface area contributed by atoms with Crippen molar-refractivity contribution in [2.24, 2.45) is 5.84 Å². The number of imide groups is 1. The van der Waals surface area contributed by atoms with Crippen molar-refractivity contribution in [2.45, 2.75) is 55.8 Å². The largest absolute Gasteiger partial charge is 0.372 e. The number of hydrazine groups is 1. The van der Waals surface area contributed by atoms with Gasteiger partial charge in [-0.05, 0) is 56.7 Å². The normalized spacial score (nSPS) is 25.2. The molecule has 3 atom stereocenters. The van der Waals surface area contributed by atoms with Gasteiger partial charge in [-0.1, -0.05) is 35.5 Å². The lowest BCUT2D eigenvalue weighted by Gasteiger charge is -2.45.